The van der Waals surface area contributed by atoms with Crippen LogP contribution in [0.25, 0.3) is 10.2 Å². The number of hydrogen-bond donors (Lipinski definition) is 1. The van der Waals surface area contributed by atoms with Crippen LogP contribution in [0.4, 0.5) is 10.8 Å². The van der Waals surface area contributed by atoms with Gasteiger partial charge in [-0.05, 0) is 48.2 Å². The molecule has 2 amide bonds. The van der Waals surface area contributed by atoms with Crippen LogP contribution in [-0.4, -0.2) is 23.3 Å². The molecular weight excluding hydrogens is 370 g/mol. The van der Waals surface area contributed by atoms with Crippen molar-refractivity contribution in [2.24, 2.45) is 5.92 Å². The Kier molecular flexibility index (Phi) is 5.13. The summed E-state index contributed by atoms with van der Waals surface area (Å²) >= 11 is 1.47. The van der Waals surface area contributed by atoms with E-state index in [1.54, 1.807) is 4.90 Å². The molecule has 0 radical (unpaired) electrons. The number of nitrogens with one attached hydrogen (secondary N) is 1. The van der Waals surface area contributed by atoms with Gasteiger partial charge in [-0.2, -0.15) is 0 Å². The Morgan fingerprint density at radius 2 is 1.86 bits per heavy atom. The fourth-order valence-electron chi connectivity index (χ4n) is 3.49. The van der Waals surface area contributed by atoms with Gasteiger partial charge in [0.05, 0.1) is 16.1 Å². The van der Waals surface area contributed by atoms with Crippen molar-refractivity contribution in [2.75, 3.05) is 16.8 Å². The topological polar surface area (TPSA) is 62.3 Å². The normalized spacial score (nSPS) is 16.7. The van der Waals surface area contributed by atoms with E-state index in [2.05, 4.69) is 36.3 Å². The molecule has 2 heterocycles. The zero-order valence-corrected chi connectivity index (χ0v) is 16.9. The number of anilines is 2. The summed E-state index contributed by atoms with van der Waals surface area (Å²) in [5, 5.41) is 3.50. The standard InChI is InChI=1S/C22H23N3O2S/c1-3-14-5-8-17(9-6-14)25-13-16(12-20(25)26)21(27)24-22-23-18-10-7-15(4-2)11-19(18)28-22/h5-11,16H,3-4,12-13H2,1-2H3,(H,23,24,27)/t16-/m0/s1. The van der Waals surface area contributed by atoms with Gasteiger partial charge in [-0.3, -0.25) is 9.59 Å². The van der Waals surface area contributed by atoms with Gasteiger partial charge < -0.3 is 10.2 Å². The molecule has 0 spiro atoms. The molecule has 144 valence electrons. The molecule has 0 bridgehead atoms. The fourth-order valence-corrected chi connectivity index (χ4v) is 4.43. The van der Waals surface area contributed by atoms with Crippen LogP contribution in [0.15, 0.2) is 42.5 Å². The van der Waals surface area contributed by atoms with Crippen LogP contribution in [-0.2, 0) is 22.4 Å². The van der Waals surface area contributed by atoms with Gasteiger partial charge in [-0.25, -0.2) is 4.98 Å². The Morgan fingerprint density at radius 3 is 2.57 bits per heavy atom. The van der Waals surface area contributed by atoms with Crippen molar-refractivity contribution in [1.82, 2.24) is 4.98 Å². The van der Waals surface area contributed by atoms with Gasteiger partial charge in [-0.1, -0.05) is 43.4 Å². The lowest BCUT2D eigenvalue weighted by Gasteiger charge is -2.17. The Bertz CT molecular complexity index is 1030. The van der Waals surface area contributed by atoms with Crippen LogP contribution < -0.4 is 10.2 Å². The van der Waals surface area contributed by atoms with Crippen molar-refractivity contribution in [1.29, 1.82) is 0 Å². The maximum absolute atomic E-state index is 12.7. The van der Waals surface area contributed by atoms with E-state index >= 15 is 0 Å². The lowest BCUT2D eigenvalue weighted by molar-refractivity contribution is -0.122. The molecule has 3 aromatic rings. The first-order valence-electron chi connectivity index (χ1n) is 9.67. The third kappa shape index (κ3) is 3.64. The fraction of sp³-hybridized carbons (Fsp3) is 0.318. The average Bonchev–Trinajstić information content (AvgIpc) is 3.30. The van der Waals surface area contributed by atoms with Gasteiger partial charge in [0.1, 0.15) is 0 Å². The number of nitrogens with zero attached hydrogens (tertiary/aromatic N) is 2. The van der Waals surface area contributed by atoms with Crippen LogP contribution >= 0.6 is 11.3 Å². The van der Waals surface area contributed by atoms with E-state index in [-0.39, 0.29) is 24.2 Å². The first-order valence-corrected chi connectivity index (χ1v) is 10.5. The van der Waals surface area contributed by atoms with Gasteiger partial charge in [0.25, 0.3) is 0 Å². The molecular formula is C22H23N3O2S. The number of hydrogen-bond acceptors (Lipinski definition) is 4. The van der Waals surface area contributed by atoms with Crippen molar-refractivity contribution in [2.45, 2.75) is 33.1 Å². The molecule has 4 rings (SSSR count). The van der Waals surface area contributed by atoms with E-state index in [1.807, 2.05) is 30.3 Å². The highest BCUT2D eigenvalue weighted by Gasteiger charge is 2.35. The largest absolute Gasteiger partial charge is 0.312 e. The maximum atomic E-state index is 12.7. The van der Waals surface area contributed by atoms with Gasteiger partial charge in [0, 0.05) is 18.7 Å². The average molecular weight is 394 g/mol. The molecule has 1 N–H and O–H groups in total. The number of amides is 2. The molecule has 0 aliphatic carbocycles. The van der Waals surface area contributed by atoms with Crippen LogP contribution in [0.5, 0.6) is 0 Å². The lowest BCUT2D eigenvalue weighted by Crippen LogP contribution is -2.28. The van der Waals surface area contributed by atoms with Crippen LogP contribution in [0.2, 0.25) is 0 Å². The van der Waals surface area contributed by atoms with Crippen molar-refractivity contribution >= 4 is 44.2 Å². The third-order valence-corrected chi connectivity index (χ3v) is 6.18. The summed E-state index contributed by atoms with van der Waals surface area (Å²) in [6.45, 7) is 4.62. The SMILES string of the molecule is CCc1ccc(N2C[C@@H](C(=O)Nc3nc4ccc(CC)cc4s3)CC2=O)cc1. The van der Waals surface area contributed by atoms with Crippen molar-refractivity contribution in [3.8, 4) is 0 Å². The predicted octanol–water partition coefficient (Wildman–Crippen LogP) is 4.41. The molecule has 6 heteroatoms. The number of thiazole rings is 1. The van der Waals surface area contributed by atoms with E-state index in [0.29, 0.717) is 11.7 Å². The summed E-state index contributed by atoms with van der Waals surface area (Å²) in [5.41, 5.74) is 4.22. The van der Waals surface area contributed by atoms with Gasteiger partial charge in [0.2, 0.25) is 11.8 Å². The predicted molar refractivity (Wildman–Crippen MR) is 114 cm³/mol. The van der Waals surface area contributed by atoms with Crippen molar-refractivity contribution in [3.05, 3.63) is 53.6 Å². The summed E-state index contributed by atoms with van der Waals surface area (Å²) in [6, 6.07) is 14.1. The van der Waals surface area contributed by atoms with E-state index in [9.17, 15) is 9.59 Å². The highest BCUT2D eigenvalue weighted by molar-refractivity contribution is 7.22. The first-order chi connectivity index (χ1) is 13.6. The van der Waals surface area contributed by atoms with E-state index in [0.717, 1.165) is 28.7 Å². The van der Waals surface area contributed by atoms with E-state index in [1.165, 1.54) is 22.5 Å². The number of carbonyl (C=O) groups is 2. The molecule has 5 nitrogen and oxygen atoms in total. The number of carbonyl (C=O) groups excluding carboxylic acids is 2. The Hall–Kier alpha value is -2.73. The van der Waals surface area contributed by atoms with Crippen LogP contribution in [0, 0.1) is 5.92 Å². The first kappa shape index (κ1) is 18.6. The number of aromatic nitrogens is 1. The second kappa shape index (κ2) is 7.72. The molecule has 0 saturated carbocycles. The number of rotatable bonds is 5. The smallest absolute Gasteiger partial charge is 0.231 e. The molecule has 1 saturated heterocycles. The number of benzene rings is 2. The summed E-state index contributed by atoms with van der Waals surface area (Å²) < 4.78 is 1.06. The highest BCUT2D eigenvalue weighted by atomic mass is 32.1. The Morgan fingerprint density at radius 1 is 1.14 bits per heavy atom. The minimum atomic E-state index is -0.364. The van der Waals surface area contributed by atoms with Gasteiger partial charge >= 0.3 is 0 Å². The zero-order valence-electron chi connectivity index (χ0n) is 16.1. The van der Waals surface area contributed by atoms with Crippen LogP contribution in [0.3, 0.4) is 0 Å². The minimum Gasteiger partial charge on any atom is -0.312 e. The summed E-state index contributed by atoms with van der Waals surface area (Å²) in [6.07, 6.45) is 2.15. The van der Waals surface area contributed by atoms with Gasteiger partial charge in [0.15, 0.2) is 5.13 Å². The molecule has 1 atom stereocenters. The molecule has 1 aliphatic rings. The number of aryl methyl sites for hydroxylation is 2. The molecule has 1 aromatic heterocycles. The van der Waals surface area contributed by atoms with E-state index < -0.39 is 0 Å². The number of fused-ring (bicyclic) bond motifs is 1. The summed E-state index contributed by atoms with van der Waals surface area (Å²) in [4.78, 5) is 31.4. The Labute approximate surface area is 168 Å². The van der Waals surface area contributed by atoms with Crippen LogP contribution in [0.1, 0.15) is 31.4 Å². The maximum Gasteiger partial charge on any atom is 0.231 e. The molecule has 1 fully saturated rings. The lowest BCUT2D eigenvalue weighted by atomic mass is 10.1. The second-order valence-electron chi connectivity index (χ2n) is 7.09. The second-order valence-corrected chi connectivity index (χ2v) is 8.12. The zero-order chi connectivity index (χ0) is 19.7. The van der Waals surface area contributed by atoms with Crippen molar-refractivity contribution in [3.63, 3.8) is 0 Å². The minimum absolute atomic E-state index is 0.0127. The monoisotopic (exact) mass is 393 g/mol. The Balaban J connectivity index is 1.45. The highest BCUT2D eigenvalue weighted by Crippen LogP contribution is 2.30. The molecule has 2 aromatic carbocycles. The van der Waals surface area contributed by atoms with E-state index in [4.69, 9.17) is 0 Å². The van der Waals surface area contributed by atoms with Gasteiger partial charge in [-0.15, -0.1) is 0 Å². The molecule has 28 heavy (non-hydrogen) atoms. The summed E-state index contributed by atoms with van der Waals surface area (Å²) in [7, 11) is 0. The summed E-state index contributed by atoms with van der Waals surface area (Å²) in [5.74, 6) is -0.520. The third-order valence-electron chi connectivity index (χ3n) is 5.24. The quantitative estimate of drug-likeness (QED) is 0.698. The molecule has 1 aliphatic heterocycles. The molecule has 0 unspecified atom stereocenters. The van der Waals surface area contributed by atoms with Crippen molar-refractivity contribution < 1.29 is 9.59 Å².